The highest BCUT2D eigenvalue weighted by Gasteiger charge is 2.23. The van der Waals surface area contributed by atoms with Gasteiger partial charge in [0.05, 0.1) is 11.4 Å². The number of rotatable bonds is 8. The van der Waals surface area contributed by atoms with Crippen molar-refractivity contribution in [2.45, 2.75) is 45.6 Å². The molecule has 1 rings (SSSR count). The molecular formula is C17H27N3O4S. The van der Waals surface area contributed by atoms with Crippen LogP contribution in [-0.2, 0) is 14.8 Å². The zero-order valence-electron chi connectivity index (χ0n) is 15.4. The normalized spacial score (nSPS) is 11.6. The van der Waals surface area contributed by atoms with Crippen LogP contribution >= 0.6 is 0 Å². The van der Waals surface area contributed by atoms with Crippen molar-refractivity contribution in [3.05, 3.63) is 29.3 Å². The summed E-state index contributed by atoms with van der Waals surface area (Å²) in [6, 6.07) is 4.43. The predicted molar refractivity (Wildman–Crippen MR) is 96.9 cm³/mol. The van der Waals surface area contributed by atoms with Gasteiger partial charge in [-0.25, -0.2) is 8.42 Å². The fraction of sp³-hybridized carbons (Fsp3) is 0.529. The number of hydrogen-bond donors (Lipinski definition) is 2. The minimum atomic E-state index is -3.65. The number of aryl methyl sites for hydroxylation is 1. The SMILES string of the molecule is CCN(CC)S(=O)(=O)c1ccc(C)c(C(=O)NCC(=O)NC(C)C)c1. The molecule has 0 aliphatic carbocycles. The molecule has 2 amide bonds. The topological polar surface area (TPSA) is 95.6 Å². The van der Waals surface area contributed by atoms with Gasteiger partial charge in [-0.2, -0.15) is 4.31 Å². The third-order valence-electron chi connectivity index (χ3n) is 3.66. The van der Waals surface area contributed by atoms with Crippen molar-refractivity contribution in [3.63, 3.8) is 0 Å². The Bertz CT molecular complexity index is 725. The van der Waals surface area contributed by atoms with Crippen LogP contribution in [0.2, 0.25) is 0 Å². The smallest absolute Gasteiger partial charge is 0.252 e. The number of nitrogens with zero attached hydrogens (tertiary/aromatic N) is 1. The molecule has 8 heteroatoms. The largest absolute Gasteiger partial charge is 0.352 e. The summed E-state index contributed by atoms with van der Waals surface area (Å²) in [6.07, 6.45) is 0. The van der Waals surface area contributed by atoms with Crippen molar-refractivity contribution in [1.29, 1.82) is 0 Å². The first kappa shape index (κ1) is 21.1. The first-order valence-electron chi connectivity index (χ1n) is 8.31. The van der Waals surface area contributed by atoms with Gasteiger partial charge in [0, 0.05) is 24.7 Å². The highest BCUT2D eigenvalue weighted by Crippen LogP contribution is 2.19. The van der Waals surface area contributed by atoms with E-state index in [2.05, 4.69) is 10.6 Å². The van der Waals surface area contributed by atoms with Crippen molar-refractivity contribution in [1.82, 2.24) is 14.9 Å². The van der Waals surface area contributed by atoms with Crippen molar-refractivity contribution in [2.75, 3.05) is 19.6 Å². The number of sulfonamides is 1. The summed E-state index contributed by atoms with van der Waals surface area (Å²) in [5.74, 6) is -0.777. The van der Waals surface area contributed by atoms with E-state index >= 15 is 0 Å². The van der Waals surface area contributed by atoms with Crippen LogP contribution in [0, 0.1) is 6.92 Å². The predicted octanol–water partition coefficient (Wildman–Crippen LogP) is 1.28. The van der Waals surface area contributed by atoms with Gasteiger partial charge in [-0.15, -0.1) is 0 Å². The van der Waals surface area contributed by atoms with Gasteiger partial charge in [0.2, 0.25) is 15.9 Å². The molecule has 0 aromatic heterocycles. The lowest BCUT2D eigenvalue weighted by Crippen LogP contribution is -2.40. The maximum Gasteiger partial charge on any atom is 0.252 e. The molecule has 140 valence electrons. The fourth-order valence-electron chi connectivity index (χ4n) is 2.35. The Morgan fingerprint density at radius 1 is 1.16 bits per heavy atom. The Labute approximate surface area is 149 Å². The lowest BCUT2D eigenvalue weighted by atomic mass is 10.1. The lowest BCUT2D eigenvalue weighted by molar-refractivity contribution is -0.120. The van der Waals surface area contributed by atoms with Gasteiger partial charge in [0.25, 0.3) is 5.91 Å². The van der Waals surface area contributed by atoms with Crippen LogP contribution < -0.4 is 10.6 Å². The Morgan fingerprint density at radius 3 is 2.28 bits per heavy atom. The van der Waals surface area contributed by atoms with Gasteiger partial charge in [-0.1, -0.05) is 19.9 Å². The maximum absolute atomic E-state index is 12.6. The third-order valence-corrected chi connectivity index (χ3v) is 5.70. The van der Waals surface area contributed by atoms with E-state index in [0.717, 1.165) is 0 Å². The van der Waals surface area contributed by atoms with E-state index in [1.807, 2.05) is 13.8 Å². The molecular weight excluding hydrogens is 342 g/mol. The van der Waals surface area contributed by atoms with E-state index < -0.39 is 15.9 Å². The standard InChI is InChI=1S/C17H27N3O4S/c1-6-20(7-2)25(23,24)14-9-8-13(5)15(10-14)17(22)18-11-16(21)19-12(3)4/h8-10,12H,6-7,11H2,1-5H3,(H,18,22)(H,19,21). The highest BCUT2D eigenvalue weighted by molar-refractivity contribution is 7.89. The summed E-state index contributed by atoms with van der Waals surface area (Å²) in [7, 11) is -3.65. The summed E-state index contributed by atoms with van der Waals surface area (Å²) in [5.41, 5.74) is 0.880. The molecule has 25 heavy (non-hydrogen) atoms. The van der Waals surface area contributed by atoms with Crippen LogP contribution in [0.4, 0.5) is 0 Å². The Balaban J connectivity index is 3.02. The van der Waals surface area contributed by atoms with Gasteiger partial charge in [0.1, 0.15) is 0 Å². The molecule has 2 N–H and O–H groups in total. The molecule has 1 aromatic rings. The van der Waals surface area contributed by atoms with Crippen molar-refractivity contribution >= 4 is 21.8 Å². The third kappa shape index (κ3) is 5.54. The molecule has 7 nitrogen and oxygen atoms in total. The first-order valence-corrected chi connectivity index (χ1v) is 9.75. The van der Waals surface area contributed by atoms with Crippen molar-refractivity contribution in [3.8, 4) is 0 Å². The van der Waals surface area contributed by atoms with Gasteiger partial charge >= 0.3 is 0 Å². The lowest BCUT2D eigenvalue weighted by Gasteiger charge is -2.19. The summed E-state index contributed by atoms with van der Waals surface area (Å²) in [5, 5.41) is 5.20. The molecule has 0 spiro atoms. The van der Waals surface area contributed by atoms with E-state index in [1.165, 1.54) is 16.4 Å². The number of amides is 2. The molecule has 0 aliphatic heterocycles. The van der Waals surface area contributed by atoms with E-state index in [9.17, 15) is 18.0 Å². The summed E-state index contributed by atoms with van der Waals surface area (Å²) < 4.78 is 26.5. The number of carbonyl (C=O) groups is 2. The minimum Gasteiger partial charge on any atom is -0.352 e. The molecule has 0 saturated heterocycles. The fourth-order valence-corrected chi connectivity index (χ4v) is 3.83. The van der Waals surface area contributed by atoms with Gasteiger partial charge in [0.15, 0.2) is 0 Å². The Hall–Kier alpha value is -1.93. The average molecular weight is 369 g/mol. The number of carbonyl (C=O) groups excluding carboxylic acids is 2. The summed E-state index contributed by atoms with van der Waals surface area (Å²) in [6.45, 7) is 9.43. The van der Waals surface area contributed by atoms with Crippen LogP contribution in [0.25, 0.3) is 0 Å². The van der Waals surface area contributed by atoms with E-state index in [0.29, 0.717) is 18.7 Å². The summed E-state index contributed by atoms with van der Waals surface area (Å²) in [4.78, 5) is 24.1. The Kier molecular flexibility index (Phi) is 7.57. The van der Waals surface area contributed by atoms with Gasteiger partial charge in [-0.3, -0.25) is 9.59 Å². The van der Waals surface area contributed by atoms with E-state index in [4.69, 9.17) is 0 Å². The molecule has 0 radical (unpaired) electrons. The van der Waals surface area contributed by atoms with Gasteiger partial charge < -0.3 is 10.6 Å². The number of benzene rings is 1. The van der Waals surface area contributed by atoms with Crippen LogP contribution in [0.15, 0.2) is 23.1 Å². The minimum absolute atomic E-state index is 0.0197. The zero-order chi connectivity index (χ0) is 19.2. The van der Waals surface area contributed by atoms with Gasteiger partial charge in [-0.05, 0) is 38.5 Å². The van der Waals surface area contributed by atoms with Crippen molar-refractivity contribution < 1.29 is 18.0 Å². The van der Waals surface area contributed by atoms with E-state index in [-0.39, 0.29) is 29.0 Å². The monoisotopic (exact) mass is 369 g/mol. The first-order chi connectivity index (χ1) is 11.6. The quantitative estimate of drug-likeness (QED) is 0.721. The molecule has 0 fully saturated rings. The van der Waals surface area contributed by atoms with Crippen LogP contribution in [0.1, 0.15) is 43.6 Å². The zero-order valence-corrected chi connectivity index (χ0v) is 16.2. The van der Waals surface area contributed by atoms with E-state index in [1.54, 1.807) is 26.8 Å². The molecule has 0 saturated carbocycles. The van der Waals surface area contributed by atoms with Crippen LogP contribution in [-0.4, -0.2) is 50.2 Å². The molecule has 0 heterocycles. The molecule has 0 aliphatic rings. The van der Waals surface area contributed by atoms with Crippen LogP contribution in [0.5, 0.6) is 0 Å². The Morgan fingerprint density at radius 2 is 1.76 bits per heavy atom. The highest BCUT2D eigenvalue weighted by atomic mass is 32.2. The molecule has 0 unspecified atom stereocenters. The van der Waals surface area contributed by atoms with Crippen molar-refractivity contribution in [2.24, 2.45) is 0 Å². The van der Waals surface area contributed by atoms with Crippen LogP contribution in [0.3, 0.4) is 0 Å². The summed E-state index contributed by atoms with van der Waals surface area (Å²) >= 11 is 0. The molecule has 1 aromatic carbocycles. The maximum atomic E-state index is 12.6. The second-order valence-electron chi connectivity index (χ2n) is 5.97. The second kappa shape index (κ2) is 8.96. The number of hydrogen-bond acceptors (Lipinski definition) is 4. The molecule has 0 bridgehead atoms. The average Bonchev–Trinajstić information content (AvgIpc) is 2.53. The molecule has 0 atom stereocenters. The number of nitrogens with one attached hydrogen (secondary N) is 2. The second-order valence-corrected chi connectivity index (χ2v) is 7.91.